The molecule has 0 saturated carbocycles. The van der Waals surface area contributed by atoms with Crippen molar-refractivity contribution in [3.63, 3.8) is 0 Å². The number of para-hydroxylation sites is 1. The number of rotatable bonds is 8. The summed E-state index contributed by atoms with van der Waals surface area (Å²) in [6, 6.07) is 19.7. The number of hydrogen-bond acceptors (Lipinski definition) is 6. The molecule has 2 aromatic carbocycles. The molecule has 7 nitrogen and oxygen atoms in total. The quantitative estimate of drug-likeness (QED) is 0.190. The van der Waals surface area contributed by atoms with E-state index in [2.05, 4.69) is 37.6 Å². The van der Waals surface area contributed by atoms with Crippen molar-refractivity contribution < 1.29 is 9.53 Å². The number of fused-ring (bicyclic) bond motifs is 1. The molecule has 4 rings (SSSR count). The van der Waals surface area contributed by atoms with Gasteiger partial charge in [0.1, 0.15) is 0 Å². The number of benzene rings is 2. The minimum absolute atomic E-state index is 0.190. The number of ether oxygens (including phenoxy) is 1. The van der Waals surface area contributed by atoms with Gasteiger partial charge in [0.05, 0.1) is 6.21 Å². The maximum absolute atomic E-state index is 12.1. The number of nitrogens with zero attached hydrogens (tertiary/aromatic N) is 3. The highest BCUT2D eigenvalue weighted by Gasteiger charge is 2.07. The monoisotopic (exact) mass is 431 g/mol. The van der Waals surface area contributed by atoms with Crippen LogP contribution in [0.5, 0.6) is 5.88 Å². The van der Waals surface area contributed by atoms with Crippen molar-refractivity contribution in [1.29, 1.82) is 0 Å². The van der Waals surface area contributed by atoms with Crippen LogP contribution < -0.4 is 10.2 Å². The normalized spacial score (nSPS) is 11.1. The summed E-state index contributed by atoms with van der Waals surface area (Å²) in [5.74, 6) is 0.747. The topological polar surface area (TPSA) is 92.3 Å². The Bertz CT molecular complexity index is 1210. The Morgan fingerprint density at radius 2 is 1.97 bits per heavy atom. The Hall–Kier alpha value is -3.65. The van der Waals surface area contributed by atoms with Gasteiger partial charge in [-0.05, 0) is 18.6 Å². The molecule has 0 radical (unpaired) electrons. The Morgan fingerprint density at radius 3 is 2.84 bits per heavy atom. The molecular formula is C23H21N5O2S. The molecule has 0 aliphatic carbocycles. The fraction of sp³-hybridized carbons (Fsp3) is 0.130. The highest BCUT2D eigenvalue weighted by Crippen LogP contribution is 2.22. The van der Waals surface area contributed by atoms with Crippen molar-refractivity contribution in [1.82, 2.24) is 20.4 Å². The summed E-state index contributed by atoms with van der Waals surface area (Å²) >= 11 is 1.52. The maximum Gasteiger partial charge on any atom is 0.278 e. The number of hydrazone groups is 1. The molecule has 2 N–H and O–H groups in total. The van der Waals surface area contributed by atoms with Crippen LogP contribution in [0, 0.1) is 6.92 Å². The van der Waals surface area contributed by atoms with Crippen molar-refractivity contribution >= 4 is 34.8 Å². The van der Waals surface area contributed by atoms with E-state index in [-0.39, 0.29) is 12.5 Å². The molecule has 1 amide bonds. The van der Waals surface area contributed by atoms with Crippen LogP contribution in [0.3, 0.4) is 0 Å². The lowest BCUT2D eigenvalue weighted by atomic mass is 10.2. The zero-order valence-corrected chi connectivity index (χ0v) is 17.7. The van der Waals surface area contributed by atoms with Gasteiger partial charge in [-0.3, -0.25) is 4.79 Å². The lowest BCUT2D eigenvalue weighted by Crippen LogP contribution is -2.24. The minimum atomic E-state index is -0.370. The van der Waals surface area contributed by atoms with Crippen LogP contribution in [-0.2, 0) is 10.5 Å². The van der Waals surface area contributed by atoms with Gasteiger partial charge < -0.3 is 9.72 Å². The van der Waals surface area contributed by atoms with Gasteiger partial charge in [0.2, 0.25) is 5.88 Å². The predicted octanol–water partition coefficient (Wildman–Crippen LogP) is 4.09. The number of hydrogen-bond donors (Lipinski definition) is 2. The molecule has 31 heavy (non-hydrogen) atoms. The van der Waals surface area contributed by atoms with Crippen LogP contribution in [-0.4, -0.2) is 33.7 Å². The van der Waals surface area contributed by atoms with E-state index in [0.29, 0.717) is 11.0 Å². The first-order chi connectivity index (χ1) is 15.2. The molecular weight excluding hydrogens is 410 g/mol. The van der Waals surface area contributed by atoms with Crippen molar-refractivity contribution in [2.45, 2.75) is 17.8 Å². The number of carbonyl (C=O) groups is 1. The van der Waals surface area contributed by atoms with Gasteiger partial charge in [-0.15, -0.1) is 0 Å². The summed E-state index contributed by atoms with van der Waals surface area (Å²) in [7, 11) is 0. The molecule has 0 saturated heterocycles. The minimum Gasteiger partial charge on any atom is -0.467 e. The van der Waals surface area contributed by atoms with Gasteiger partial charge in [-0.25, -0.2) is 10.4 Å². The van der Waals surface area contributed by atoms with E-state index in [0.717, 1.165) is 27.9 Å². The van der Waals surface area contributed by atoms with Crippen LogP contribution in [0.1, 0.15) is 16.8 Å². The SMILES string of the molecule is Cc1cc(OCC(=O)NN=Cc2c[nH]c3ccccc23)nc(SCc2ccccc2)n1. The van der Waals surface area contributed by atoms with Gasteiger partial charge >= 0.3 is 0 Å². The largest absolute Gasteiger partial charge is 0.467 e. The van der Waals surface area contributed by atoms with Crippen LogP contribution in [0.25, 0.3) is 10.9 Å². The number of thioether (sulfide) groups is 1. The van der Waals surface area contributed by atoms with Gasteiger partial charge in [-0.2, -0.15) is 10.1 Å². The van der Waals surface area contributed by atoms with Gasteiger partial charge in [0, 0.05) is 40.2 Å². The second-order valence-corrected chi connectivity index (χ2v) is 7.72. The van der Waals surface area contributed by atoms with E-state index >= 15 is 0 Å². The second kappa shape index (κ2) is 9.90. The number of nitrogens with one attached hydrogen (secondary N) is 2. The molecule has 156 valence electrons. The first kappa shape index (κ1) is 20.6. The smallest absolute Gasteiger partial charge is 0.278 e. The number of H-pyrrole nitrogens is 1. The lowest BCUT2D eigenvalue weighted by Gasteiger charge is -2.07. The Morgan fingerprint density at radius 1 is 1.16 bits per heavy atom. The number of aromatic nitrogens is 3. The predicted molar refractivity (Wildman–Crippen MR) is 122 cm³/mol. The van der Waals surface area contributed by atoms with E-state index in [1.165, 1.54) is 17.3 Å². The standard InChI is InChI=1S/C23H21N5O2S/c1-16-11-22(27-23(26-16)31-15-17-7-3-2-4-8-17)30-14-21(29)28-25-13-18-12-24-20-10-6-5-9-19(18)20/h2-13,24H,14-15H2,1H3,(H,28,29). The van der Waals surface area contributed by atoms with E-state index in [4.69, 9.17) is 4.74 Å². The molecule has 0 spiro atoms. The highest BCUT2D eigenvalue weighted by molar-refractivity contribution is 7.98. The van der Waals surface area contributed by atoms with E-state index in [9.17, 15) is 4.79 Å². The molecule has 4 aromatic rings. The summed E-state index contributed by atoms with van der Waals surface area (Å²) < 4.78 is 5.54. The Labute approximate surface area is 184 Å². The van der Waals surface area contributed by atoms with Crippen LogP contribution in [0.15, 0.2) is 77.1 Å². The summed E-state index contributed by atoms with van der Waals surface area (Å²) in [6.07, 6.45) is 3.44. The van der Waals surface area contributed by atoms with E-state index < -0.39 is 0 Å². The summed E-state index contributed by atoms with van der Waals surface area (Å²) in [5, 5.41) is 5.66. The van der Waals surface area contributed by atoms with Crippen molar-refractivity contribution in [2.24, 2.45) is 5.10 Å². The van der Waals surface area contributed by atoms with Crippen LogP contribution in [0.2, 0.25) is 0 Å². The summed E-state index contributed by atoms with van der Waals surface area (Å²) in [5.41, 5.74) is 6.34. The molecule has 0 bridgehead atoms. The van der Waals surface area contributed by atoms with E-state index in [1.54, 1.807) is 12.3 Å². The zero-order valence-electron chi connectivity index (χ0n) is 16.9. The third-order valence-electron chi connectivity index (χ3n) is 4.39. The van der Waals surface area contributed by atoms with Crippen LogP contribution in [0.4, 0.5) is 0 Å². The average Bonchev–Trinajstić information content (AvgIpc) is 3.20. The number of aryl methyl sites for hydroxylation is 1. The summed E-state index contributed by atoms with van der Waals surface area (Å²) in [6.45, 7) is 1.68. The molecule has 0 fully saturated rings. The Balaban J connectivity index is 1.30. The van der Waals surface area contributed by atoms with E-state index in [1.807, 2.05) is 55.6 Å². The van der Waals surface area contributed by atoms with Crippen molar-refractivity contribution in [3.8, 4) is 5.88 Å². The molecule has 2 aromatic heterocycles. The highest BCUT2D eigenvalue weighted by atomic mass is 32.2. The number of aromatic amines is 1. The first-order valence-corrected chi connectivity index (χ1v) is 10.7. The number of amides is 1. The Kier molecular flexibility index (Phi) is 6.59. The van der Waals surface area contributed by atoms with Gasteiger partial charge in [0.15, 0.2) is 11.8 Å². The van der Waals surface area contributed by atoms with Crippen molar-refractivity contribution in [2.75, 3.05) is 6.61 Å². The third kappa shape index (κ3) is 5.70. The molecule has 0 aliphatic heterocycles. The first-order valence-electron chi connectivity index (χ1n) is 9.70. The molecule has 0 atom stereocenters. The van der Waals surface area contributed by atoms with Crippen LogP contribution >= 0.6 is 11.8 Å². The zero-order chi connectivity index (χ0) is 21.5. The lowest BCUT2D eigenvalue weighted by molar-refractivity contribution is -0.123. The third-order valence-corrected chi connectivity index (χ3v) is 5.30. The van der Waals surface area contributed by atoms with Gasteiger partial charge in [0.25, 0.3) is 5.91 Å². The maximum atomic E-state index is 12.1. The fourth-order valence-electron chi connectivity index (χ4n) is 2.92. The molecule has 2 heterocycles. The second-order valence-electron chi connectivity index (χ2n) is 6.78. The number of carbonyl (C=O) groups excluding carboxylic acids is 1. The molecule has 0 aliphatic rings. The fourth-order valence-corrected chi connectivity index (χ4v) is 3.77. The van der Waals surface area contributed by atoms with Crippen molar-refractivity contribution in [3.05, 3.63) is 83.7 Å². The average molecular weight is 432 g/mol. The summed E-state index contributed by atoms with van der Waals surface area (Å²) in [4.78, 5) is 24.0. The molecule has 0 unspecified atom stereocenters. The van der Waals surface area contributed by atoms with Gasteiger partial charge in [-0.1, -0.05) is 60.3 Å². The molecule has 8 heteroatoms.